The molecule has 0 aromatic heterocycles. The molecular formula is C14H23N. The number of benzene rings is 1. The molecule has 0 amide bonds. The third-order valence-corrected chi connectivity index (χ3v) is 3.11. The van der Waals surface area contributed by atoms with E-state index in [0.717, 1.165) is 13.0 Å². The van der Waals surface area contributed by atoms with Crippen LogP contribution >= 0.6 is 0 Å². The maximum atomic E-state index is 5.68. The fourth-order valence-electron chi connectivity index (χ4n) is 2.27. The van der Waals surface area contributed by atoms with E-state index in [1.54, 1.807) is 0 Å². The molecule has 1 atom stereocenters. The van der Waals surface area contributed by atoms with E-state index >= 15 is 0 Å². The van der Waals surface area contributed by atoms with Gasteiger partial charge in [0.1, 0.15) is 0 Å². The van der Waals surface area contributed by atoms with Crippen molar-refractivity contribution in [3.63, 3.8) is 0 Å². The Morgan fingerprint density at radius 1 is 1.20 bits per heavy atom. The van der Waals surface area contributed by atoms with E-state index in [9.17, 15) is 0 Å². The number of hydrogen-bond acceptors (Lipinski definition) is 1. The first-order valence-corrected chi connectivity index (χ1v) is 5.83. The fraction of sp³-hybridized carbons (Fsp3) is 0.571. The third-order valence-electron chi connectivity index (χ3n) is 3.11. The highest BCUT2D eigenvalue weighted by Gasteiger charge is 2.16. The summed E-state index contributed by atoms with van der Waals surface area (Å²) in [5.41, 5.74) is 9.90. The fourth-order valence-corrected chi connectivity index (χ4v) is 2.27. The molecule has 15 heavy (non-hydrogen) atoms. The number of hydrogen-bond donors (Lipinski definition) is 1. The predicted octanol–water partition coefficient (Wildman–Crippen LogP) is 3.39. The van der Waals surface area contributed by atoms with E-state index in [0.29, 0.717) is 11.8 Å². The SMILES string of the molecule is Cc1ccc(C(CCN)C(C)C)c(C)c1. The van der Waals surface area contributed by atoms with Gasteiger partial charge in [-0.25, -0.2) is 0 Å². The van der Waals surface area contributed by atoms with E-state index in [4.69, 9.17) is 5.73 Å². The van der Waals surface area contributed by atoms with Gasteiger partial charge < -0.3 is 5.73 Å². The molecule has 0 saturated carbocycles. The van der Waals surface area contributed by atoms with Crippen molar-refractivity contribution < 1.29 is 0 Å². The summed E-state index contributed by atoms with van der Waals surface area (Å²) in [5, 5.41) is 0. The van der Waals surface area contributed by atoms with Gasteiger partial charge in [0.25, 0.3) is 0 Å². The Hall–Kier alpha value is -0.820. The Kier molecular flexibility index (Phi) is 4.34. The summed E-state index contributed by atoms with van der Waals surface area (Å²) in [6.07, 6.45) is 1.08. The maximum Gasteiger partial charge on any atom is -0.00713 e. The van der Waals surface area contributed by atoms with Crippen molar-refractivity contribution in [3.8, 4) is 0 Å². The van der Waals surface area contributed by atoms with Gasteiger partial charge in [0.15, 0.2) is 0 Å². The highest BCUT2D eigenvalue weighted by molar-refractivity contribution is 5.33. The summed E-state index contributed by atoms with van der Waals surface area (Å²) in [4.78, 5) is 0. The average Bonchev–Trinajstić information content (AvgIpc) is 2.15. The summed E-state index contributed by atoms with van der Waals surface area (Å²) in [6.45, 7) is 9.67. The van der Waals surface area contributed by atoms with E-state index in [2.05, 4.69) is 45.9 Å². The van der Waals surface area contributed by atoms with Crippen LogP contribution in [0.1, 0.15) is 42.9 Å². The third kappa shape index (κ3) is 3.07. The minimum absolute atomic E-state index is 0.607. The highest BCUT2D eigenvalue weighted by atomic mass is 14.5. The molecule has 0 radical (unpaired) electrons. The van der Waals surface area contributed by atoms with Crippen molar-refractivity contribution in [2.24, 2.45) is 11.7 Å². The van der Waals surface area contributed by atoms with Crippen LogP contribution in [0.25, 0.3) is 0 Å². The first kappa shape index (κ1) is 12.3. The Morgan fingerprint density at radius 3 is 2.33 bits per heavy atom. The van der Waals surface area contributed by atoms with Gasteiger partial charge in [0, 0.05) is 0 Å². The quantitative estimate of drug-likeness (QED) is 0.801. The van der Waals surface area contributed by atoms with Crippen molar-refractivity contribution in [2.75, 3.05) is 6.54 Å². The zero-order chi connectivity index (χ0) is 11.4. The second-order valence-electron chi connectivity index (χ2n) is 4.79. The van der Waals surface area contributed by atoms with Crippen molar-refractivity contribution in [1.82, 2.24) is 0 Å². The first-order valence-electron chi connectivity index (χ1n) is 5.83. The van der Waals surface area contributed by atoms with Gasteiger partial charge in [0.2, 0.25) is 0 Å². The van der Waals surface area contributed by atoms with Crippen LogP contribution < -0.4 is 5.73 Å². The zero-order valence-electron chi connectivity index (χ0n) is 10.4. The summed E-state index contributed by atoms with van der Waals surface area (Å²) < 4.78 is 0. The van der Waals surface area contributed by atoms with Crippen LogP contribution in [0.15, 0.2) is 18.2 Å². The monoisotopic (exact) mass is 205 g/mol. The second kappa shape index (κ2) is 5.32. The average molecular weight is 205 g/mol. The summed E-state index contributed by atoms with van der Waals surface area (Å²) >= 11 is 0. The van der Waals surface area contributed by atoms with Crippen LogP contribution in [-0.2, 0) is 0 Å². The Morgan fingerprint density at radius 2 is 1.87 bits per heavy atom. The van der Waals surface area contributed by atoms with Crippen LogP contribution in [-0.4, -0.2) is 6.54 Å². The largest absolute Gasteiger partial charge is 0.330 e. The van der Waals surface area contributed by atoms with Crippen LogP contribution in [0.4, 0.5) is 0 Å². The van der Waals surface area contributed by atoms with E-state index in [1.807, 2.05) is 0 Å². The molecule has 1 heteroatoms. The Labute approximate surface area is 93.7 Å². The molecule has 1 aromatic rings. The molecule has 0 saturated heterocycles. The summed E-state index contributed by atoms with van der Waals surface area (Å²) in [6, 6.07) is 6.74. The van der Waals surface area contributed by atoms with E-state index in [-0.39, 0.29) is 0 Å². The summed E-state index contributed by atoms with van der Waals surface area (Å²) in [7, 11) is 0. The zero-order valence-corrected chi connectivity index (χ0v) is 10.4. The molecular weight excluding hydrogens is 182 g/mol. The lowest BCUT2D eigenvalue weighted by molar-refractivity contribution is 0.471. The van der Waals surface area contributed by atoms with Gasteiger partial charge in [-0.05, 0) is 49.8 Å². The van der Waals surface area contributed by atoms with Gasteiger partial charge in [0.05, 0.1) is 0 Å². The predicted molar refractivity (Wildman–Crippen MR) is 67.2 cm³/mol. The molecule has 0 fully saturated rings. The van der Waals surface area contributed by atoms with Gasteiger partial charge in [-0.15, -0.1) is 0 Å². The molecule has 84 valence electrons. The Bertz CT molecular complexity index is 315. The molecule has 0 bridgehead atoms. The molecule has 2 N–H and O–H groups in total. The molecule has 0 aliphatic heterocycles. The van der Waals surface area contributed by atoms with Gasteiger partial charge >= 0.3 is 0 Å². The number of nitrogens with two attached hydrogens (primary N) is 1. The van der Waals surface area contributed by atoms with E-state index in [1.165, 1.54) is 16.7 Å². The maximum absolute atomic E-state index is 5.68. The van der Waals surface area contributed by atoms with Crippen molar-refractivity contribution >= 4 is 0 Å². The van der Waals surface area contributed by atoms with E-state index < -0.39 is 0 Å². The standard InChI is InChI=1S/C14H23N/c1-10(2)13(7-8-15)14-6-5-11(3)9-12(14)4/h5-6,9-10,13H,7-8,15H2,1-4H3. The van der Waals surface area contributed by atoms with Gasteiger partial charge in [-0.2, -0.15) is 0 Å². The van der Waals surface area contributed by atoms with Crippen LogP contribution in [0.5, 0.6) is 0 Å². The lowest BCUT2D eigenvalue weighted by Gasteiger charge is -2.22. The van der Waals surface area contributed by atoms with Crippen molar-refractivity contribution in [2.45, 2.75) is 40.0 Å². The molecule has 1 unspecified atom stereocenters. The molecule has 1 rings (SSSR count). The number of aryl methyl sites for hydroxylation is 2. The molecule has 1 nitrogen and oxygen atoms in total. The molecule has 0 spiro atoms. The second-order valence-corrected chi connectivity index (χ2v) is 4.79. The van der Waals surface area contributed by atoms with Gasteiger partial charge in [-0.1, -0.05) is 37.6 Å². The smallest absolute Gasteiger partial charge is 0.00713 e. The molecule has 1 aromatic carbocycles. The van der Waals surface area contributed by atoms with Crippen molar-refractivity contribution in [3.05, 3.63) is 34.9 Å². The number of rotatable bonds is 4. The Balaban J connectivity index is 3.00. The van der Waals surface area contributed by atoms with Crippen LogP contribution in [0.2, 0.25) is 0 Å². The molecule has 0 heterocycles. The molecule has 0 aliphatic carbocycles. The molecule has 0 aliphatic rings. The first-order chi connectivity index (χ1) is 7.06. The topological polar surface area (TPSA) is 26.0 Å². The minimum Gasteiger partial charge on any atom is -0.330 e. The van der Waals surface area contributed by atoms with Gasteiger partial charge in [-0.3, -0.25) is 0 Å². The minimum atomic E-state index is 0.607. The summed E-state index contributed by atoms with van der Waals surface area (Å²) in [5.74, 6) is 1.27. The normalized spacial score (nSPS) is 13.2. The van der Waals surface area contributed by atoms with Crippen LogP contribution in [0, 0.1) is 19.8 Å². The van der Waals surface area contributed by atoms with Crippen LogP contribution in [0.3, 0.4) is 0 Å². The lowest BCUT2D eigenvalue weighted by atomic mass is 9.83. The van der Waals surface area contributed by atoms with Crippen molar-refractivity contribution in [1.29, 1.82) is 0 Å². The lowest BCUT2D eigenvalue weighted by Crippen LogP contribution is -2.13. The highest BCUT2D eigenvalue weighted by Crippen LogP contribution is 2.30.